The number of fused-ring (bicyclic) bond motifs is 2. The lowest BCUT2D eigenvalue weighted by atomic mass is 9.70. The van der Waals surface area contributed by atoms with Crippen molar-refractivity contribution in [3.8, 4) is 0 Å². The summed E-state index contributed by atoms with van der Waals surface area (Å²) in [5, 5.41) is 3.44. The van der Waals surface area contributed by atoms with Crippen molar-refractivity contribution in [2.45, 2.75) is 84.0 Å². The quantitative estimate of drug-likeness (QED) is 0.839. The SMILES string of the molecule is CNC1CCCC(OC2CC3CCC2(C)C3(C)C)C1. The Bertz CT molecular complexity index is 340. The third-order valence-corrected chi connectivity index (χ3v) is 7.11. The summed E-state index contributed by atoms with van der Waals surface area (Å²) in [6.07, 6.45) is 10.3. The first-order valence-corrected chi connectivity index (χ1v) is 8.30. The third-order valence-electron chi connectivity index (χ3n) is 7.11. The Hall–Kier alpha value is -0.0800. The molecule has 0 aliphatic heterocycles. The van der Waals surface area contributed by atoms with Crippen molar-refractivity contribution >= 4 is 0 Å². The summed E-state index contributed by atoms with van der Waals surface area (Å²) in [7, 11) is 2.09. The average molecular weight is 265 g/mol. The third kappa shape index (κ3) is 2.06. The van der Waals surface area contributed by atoms with Crippen LogP contribution in [-0.2, 0) is 4.74 Å². The molecule has 2 nitrogen and oxygen atoms in total. The van der Waals surface area contributed by atoms with Crippen molar-refractivity contribution in [2.24, 2.45) is 16.7 Å². The van der Waals surface area contributed by atoms with E-state index in [1.54, 1.807) is 0 Å². The van der Waals surface area contributed by atoms with Gasteiger partial charge in [0.05, 0.1) is 12.2 Å². The van der Waals surface area contributed by atoms with Crippen LogP contribution in [-0.4, -0.2) is 25.3 Å². The van der Waals surface area contributed by atoms with Gasteiger partial charge in [-0.2, -0.15) is 0 Å². The van der Waals surface area contributed by atoms with Gasteiger partial charge in [-0.3, -0.25) is 0 Å². The van der Waals surface area contributed by atoms with E-state index < -0.39 is 0 Å². The van der Waals surface area contributed by atoms with Gasteiger partial charge in [0.25, 0.3) is 0 Å². The molecule has 5 atom stereocenters. The van der Waals surface area contributed by atoms with Gasteiger partial charge in [0.15, 0.2) is 0 Å². The van der Waals surface area contributed by atoms with Gasteiger partial charge in [0.2, 0.25) is 0 Å². The molecule has 0 radical (unpaired) electrons. The van der Waals surface area contributed by atoms with Crippen molar-refractivity contribution in [1.82, 2.24) is 5.32 Å². The Morgan fingerprint density at radius 1 is 1.05 bits per heavy atom. The molecule has 0 aromatic rings. The van der Waals surface area contributed by atoms with E-state index in [-0.39, 0.29) is 0 Å². The van der Waals surface area contributed by atoms with Crippen LogP contribution in [0.25, 0.3) is 0 Å². The molecule has 19 heavy (non-hydrogen) atoms. The summed E-state index contributed by atoms with van der Waals surface area (Å²) in [6.45, 7) is 7.44. The van der Waals surface area contributed by atoms with Gasteiger partial charge >= 0.3 is 0 Å². The summed E-state index contributed by atoms with van der Waals surface area (Å²) < 4.78 is 6.62. The first-order chi connectivity index (χ1) is 8.97. The standard InChI is InChI=1S/C17H31NO/c1-16(2)12-8-9-17(16,3)15(10-12)19-14-7-5-6-13(11-14)18-4/h12-15,18H,5-11H2,1-4H3. The number of rotatable bonds is 3. The van der Waals surface area contributed by atoms with Gasteiger partial charge in [-0.15, -0.1) is 0 Å². The molecule has 0 amide bonds. The highest BCUT2D eigenvalue weighted by Gasteiger charge is 2.62. The topological polar surface area (TPSA) is 21.3 Å². The van der Waals surface area contributed by atoms with Gasteiger partial charge in [-0.05, 0) is 68.7 Å². The number of hydrogen-bond donors (Lipinski definition) is 1. The molecule has 0 spiro atoms. The Morgan fingerprint density at radius 2 is 1.84 bits per heavy atom. The zero-order valence-electron chi connectivity index (χ0n) is 13.2. The van der Waals surface area contributed by atoms with Crippen LogP contribution in [0.5, 0.6) is 0 Å². The monoisotopic (exact) mass is 265 g/mol. The molecule has 0 saturated heterocycles. The van der Waals surface area contributed by atoms with Crippen LogP contribution in [0.2, 0.25) is 0 Å². The average Bonchev–Trinajstić information content (AvgIpc) is 2.72. The van der Waals surface area contributed by atoms with Gasteiger partial charge < -0.3 is 10.1 Å². The fourth-order valence-electron chi connectivity index (χ4n) is 5.10. The van der Waals surface area contributed by atoms with Crippen LogP contribution in [0, 0.1) is 16.7 Å². The molecule has 0 aromatic carbocycles. The molecular weight excluding hydrogens is 234 g/mol. The van der Waals surface area contributed by atoms with Crippen molar-refractivity contribution in [3.63, 3.8) is 0 Å². The lowest BCUT2D eigenvalue weighted by molar-refractivity contribution is -0.0989. The molecule has 3 fully saturated rings. The summed E-state index contributed by atoms with van der Waals surface area (Å²) in [6, 6.07) is 0.679. The Morgan fingerprint density at radius 3 is 2.42 bits per heavy atom. The van der Waals surface area contributed by atoms with Crippen LogP contribution in [0.3, 0.4) is 0 Å². The maximum Gasteiger partial charge on any atom is 0.0640 e. The molecule has 3 aliphatic carbocycles. The van der Waals surface area contributed by atoms with Gasteiger partial charge in [-0.1, -0.05) is 20.8 Å². The zero-order chi connectivity index (χ0) is 13.7. The second-order valence-electron chi connectivity index (χ2n) is 8.01. The van der Waals surface area contributed by atoms with Crippen molar-refractivity contribution in [2.75, 3.05) is 7.05 Å². The molecule has 110 valence electrons. The molecular formula is C17H31NO. The molecule has 0 aromatic heterocycles. The van der Waals surface area contributed by atoms with Crippen LogP contribution in [0.4, 0.5) is 0 Å². The second-order valence-corrected chi connectivity index (χ2v) is 8.01. The van der Waals surface area contributed by atoms with Crippen LogP contribution >= 0.6 is 0 Å². The minimum absolute atomic E-state index is 0.421. The fraction of sp³-hybridized carbons (Fsp3) is 1.00. The van der Waals surface area contributed by atoms with Crippen LogP contribution < -0.4 is 5.32 Å². The largest absolute Gasteiger partial charge is 0.374 e. The van der Waals surface area contributed by atoms with E-state index in [1.807, 2.05) is 0 Å². The summed E-state index contributed by atoms with van der Waals surface area (Å²) in [4.78, 5) is 0. The zero-order valence-corrected chi connectivity index (χ0v) is 13.2. The van der Waals surface area contributed by atoms with Crippen molar-refractivity contribution < 1.29 is 4.74 Å². The van der Waals surface area contributed by atoms with Gasteiger partial charge in [-0.25, -0.2) is 0 Å². The van der Waals surface area contributed by atoms with E-state index in [0.717, 1.165) is 5.92 Å². The molecule has 2 heteroatoms. The summed E-state index contributed by atoms with van der Waals surface area (Å²) in [5.41, 5.74) is 0.902. The number of ether oxygens (including phenoxy) is 1. The van der Waals surface area contributed by atoms with E-state index in [1.165, 1.54) is 44.9 Å². The normalized spacial score (nSPS) is 48.6. The Kier molecular flexibility index (Phi) is 3.46. The highest BCUT2D eigenvalue weighted by atomic mass is 16.5. The molecule has 1 N–H and O–H groups in total. The highest BCUT2D eigenvalue weighted by molar-refractivity contribution is 5.11. The number of nitrogens with one attached hydrogen (secondary N) is 1. The molecule has 5 unspecified atom stereocenters. The van der Waals surface area contributed by atoms with E-state index in [0.29, 0.717) is 29.1 Å². The van der Waals surface area contributed by atoms with E-state index in [2.05, 4.69) is 33.1 Å². The minimum atomic E-state index is 0.421. The maximum absolute atomic E-state index is 6.62. The van der Waals surface area contributed by atoms with Crippen LogP contribution in [0.1, 0.15) is 65.7 Å². The second kappa shape index (κ2) is 4.73. The van der Waals surface area contributed by atoms with Crippen molar-refractivity contribution in [1.29, 1.82) is 0 Å². The van der Waals surface area contributed by atoms with E-state index >= 15 is 0 Å². The highest BCUT2D eigenvalue weighted by Crippen LogP contribution is 2.66. The smallest absolute Gasteiger partial charge is 0.0640 e. The molecule has 3 aliphatic rings. The first kappa shape index (κ1) is 13.9. The molecule has 3 saturated carbocycles. The van der Waals surface area contributed by atoms with E-state index in [4.69, 9.17) is 4.74 Å². The first-order valence-electron chi connectivity index (χ1n) is 8.30. The molecule has 3 rings (SSSR count). The van der Waals surface area contributed by atoms with Crippen molar-refractivity contribution in [3.05, 3.63) is 0 Å². The maximum atomic E-state index is 6.62. The lowest BCUT2D eigenvalue weighted by Gasteiger charge is -2.41. The molecule has 2 bridgehead atoms. The molecule has 0 heterocycles. The lowest BCUT2D eigenvalue weighted by Crippen LogP contribution is -2.42. The van der Waals surface area contributed by atoms with Gasteiger partial charge in [0.1, 0.15) is 0 Å². The minimum Gasteiger partial charge on any atom is -0.374 e. The Balaban J connectivity index is 1.65. The number of hydrogen-bond acceptors (Lipinski definition) is 2. The van der Waals surface area contributed by atoms with Crippen LogP contribution in [0.15, 0.2) is 0 Å². The van der Waals surface area contributed by atoms with E-state index in [9.17, 15) is 0 Å². The predicted octanol–water partition coefficient (Wildman–Crippen LogP) is 3.75. The summed E-state index contributed by atoms with van der Waals surface area (Å²) >= 11 is 0. The Labute approximate surface area is 118 Å². The predicted molar refractivity (Wildman–Crippen MR) is 79.2 cm³/mol. The van der Waals surface area contributed by atoms with Gasteiger partial charge in [0, 0.05) is 6.04 Å². The summed E-state index contributed by atoms with van der Waals surface area (Å²) in [5.74, 6) is 0.895. The fourth-order valence-corrected chi connectivity index (χ4v) is 5.10.